The summed E-state index contributed by atoms with van der Waals surface area (Å²) in [6.45, 7) is 4.37. The van der Waals surface area contributed by atoms with Crippen LogP contribution >= 0.6 is 23.4 Å². The number of fused-ring (bicyclic) bond motifs is 1. The van der Waals surface area contributed by atoms with E-state index in [1.54, 1.807) is 24.3 Å². The van der Waals surface area contributed by atoms with Crippen LogP contribution in [-0.2, 0) is 16.1 Å². The van der Waals surface area contributed by atoms with Crippen LogP contribution in [0.25, 0.3) is 6.08 Å². The lowest BCUT2D eigenvalue weighted by Gasteiger charge is -2.34. The summed E-state index contributed by atoms with van der Waals surface area (Å²) in [6, 6.07) is 11.4. The maximum absolute atomic E-state index is 12.6. The molecule has 1 unspecified atom stereocenters. The number of hydrogen-bond donors (Lipinski definition) is 1. The Labute approximate surface area is 190 Å². The lowest BCUT2D eigenvalue weighted by molar-refractivity contribution is -0.125. The summed E-state index contributed by atoms with van der Waals surface area (Å²) in [5.41, 5.74) is 1.88. The Morgan fingerprint density at radius 3 is 2.84 bits per heavy atom. The zero-order valence-corrected chi connectivity index (χ0v) is 18.7. The molecule has 3 heterocycles. The average molecular weight is 459 g/mol. The van der Waals surface area contributed by atoms with Crippen LogP contribution < -0.4 is 5.32 Å². The van der Waals surface area contributed by atoms with Crippen molar-refractivity contribution >= 4 is 46.5 Å². The van der Waals surface area contributed by atoms with Gasteiger partial charge in [0.05, 0.1) is 11.4 Å². The third-order valence-electron chi connectivity index (χ3n) is 5.54. The fourth-order valence-corrected chi connectivity index (χ4v) is 4.86. The topological polar surface area (TPSA) is 74.7 Å². The molecule has 1 N–H and O–H groups in total. The summed E-state index contributed by atoms with van der Waals surface area (Å²) in [5, 5.41) is 3.00. The molecule has 1 saturated heterocycles. The molecule has 0 radical (unpaired) electrons. The maximum Gasteiger partial charge on any atom is 0.293 e. The van der Waals surface area contributed by atoms with Gasteiger partial charge in [0.2, 0.25) is 5.91 Å². The summed E-state index contributed by atoms with van der Waals surface area (Å²) in [6.07, 6.45) is 3.68. The Bertz CT molecular complexity index is 1050. The Kier molecular flexibility index (Phi) is 6.50. The molecule has 1 aromatic heterocycles. The molecule has 9 heteroatoms. The number of rotatable bonds is 6. The average Bonchev–Trinajstić information content (AvgIpc) is 3.32. The second-order valence-electron chi connectivity index (χ2n) is 7.48. The van der Waals surface area contributed by atoms with E-state index in [0.29, 0.717) is 15.5 Å². The van der Waals surface area contributed by atoms with Crippen LogP contribution in [-0.4, -0.2) is 57.6 Å². The van der Waals surface area contributed by atoms with Gasteiger partial charge in [0.1, 0.15) is 0 Å². The van der Waals surface area contributed by atoms with Crippen molar-refractivity contribution in [2.45, 2.75) is 19.5 Å². The van der Waals surface area contributed by atoms with Gasteiger partial charge in [0, 0.05) is 49.1 Å². The van der Waals surface area contributed by atoms with Crippen LogP contribution in [0.15, 0.2) is 47.5 Å². The van der Waals surface area contributed by atoms with E-state index < -0.39 is 0 Å². The predicted octanol–water partition coefficient (Wildman–Crippen LogP) is 3.37. The summed E-state index contributed by atoms with van der Waals surface area (Å²) in [4.78, 5) is 40.9. The van der Waals surface area contributed by atoms with Gasteiger partial charge in [-0.05, 0) is 48.5 Å². The summed E-state index contributed by atoms with van der Waals surface area (Å²) in [7, 11) is 0. The Morgan fingerprint density at radius 2 is 2.03 bits per heavy atom. The Morgan fingerprint density at radius 1 is 1.23 bits per heavy atom. The zero-order valence-electron chi connectivity index (χ0n) is 17.1. The molecule has 7 nitrogen and oxygen atoms in total. The molecule has 0 bridgehead atoms. The summed E-state index contributed by atoms with van der Waals surface area (Å²) < 4.78 is 2.20. The highest BCUT2D eigenvalue weighted by molar-refractivity contribution is 8.18. The molecule has 1 atom stereocenters. The van der Waals surface area contributed by atoms with Crippen molar-refractivity contribution in [1.29, 1.82) is 0 Å². The molecular formula is C22H23ClN4O3S. The van der Waals surface area contributed by atoms with E-state index in [4.69, 9.17) is 11.6 Å². The molecule has 2 aliphatic heterocycles. The normalized spacial score (nSPS) is 20.4. The molecule has 0 aliphatic carbocycles. The lowest BCUT2D eigenvalue weighted by Crippen LogP contribution is -2.45. The van der Waals surface area contributed by atoms with Gasteiger partial charge in [0.25, 0.3) is 11.1 Å². The van der Waals surface area contributed by atoms with Crippen LogP contribution in [0, 0.1) is 0 Å². The summed E-state index contributed by atoms with van der Waals surface area (Å²) in [5.74, 6) is -0.486. The van der Waals surface area contributed by atoms with Gasteiger partial charge >= 0.3 is 0 Å². The molecule has 4 rings (SSSR count). The first-order valence-electron chi connectivity index (χ1n) is 10.1. The van der Waals surface area contributed by atoms with Crippen molar-refractivity contribution in [3.63, 3.8) is 0 Å². The van der Waals surface area contributed by atoms with E-state index in [1.165, 1.54) is 5.69 Å². The van der Waals surface area contributed by atoms with Crippen molar-refractivity contribution in [2.24, 2.45) is 0 Å². The molecule has 162 valence electrons. The first-order chi connectivity index (χ1) is 14.9. The van der Waals surface area contributed by atoms with E-state index in [9.17, 15) is 14.4 Å². The highest BCUT2D eigenvalue weighted by Gasteiger charge is 2.35. The smallest absolute Gasteiger partial charge is 0.293 e. The molecule has 31 heavy (non-hydrogen) atoms. The fourth-order valence-electron chi connectivity index (χ4n) is 3.82. The summed E-state index contributed by atoms with van der Waals surface area (Å²) >= 11 is 7.02. The number of aromatic nitrogens is 1. The number of halogens is 1. The number of benzene rings is 1. The van der Waals surface area contributed by atoms with Crippen molar-refractivity contribution < 1.29 is 14.4 Å². The van der Waals surface area contributed by atoms with Crippen LogP contribution in [0.1, 0.15) is 24.2 Å². The number of carbonyl (C=O) groups is 3. The number of nitrogens with one attached hydrogen (secondary N) is 1. The van der Waals surface area contributed by atoms with Gasteiger partial charge in [-0.3, -0.25) is 24.2 Å². The Balaban J connectivity index is 1.29. The maximum atomic E-state index is 12.6. The van der Waals surface area contributed by atoms with E-state index in [0.717, 1.165) is 29.8 Å². The standard InChI is InChI=1S/C22H23ClN4O3S/c1-15-18-7-4-9-25(18)11-12-26(15)14-20(28)24-8-10-27-21(29)19(31-22(27)30)13-16-5-2-3-6-17(16)23/h2-7,9,13,15H,8,10-12,14H2,1H3,(H,24,28)/b19-13-. The molecule has 3 amide bonds. The predicted molar refractivity (Wildman–Crippen MR) is 122 cm³/mol. The SMILES string of the molecule is CC1c2cccn2CCN1CC(=O)NCCN1C(=O)S/C(=C\c2ccccc2Cl)C1=O. The molecule has 0 spiro atoms. The van der Waals surface area contributed by atoms with E-state index in [-0.39, 0.29) is 42.7 Å². The monoisotopic (exact) mass is 458 g/mol. The number of imide groups is 1. The number of nitrogens with zero attached hydrogens (tertiary/aromatic N) is 3. The number of hydrogen-bond acceptors (Lipinski definition) is 5. The molecule has 0 saturated carbocycles. The van der Waals surface area contributed by atoms with Gasteiger partial charge in [-0.2, -0.15) is 0 Å². The highest BCUT2D eigenvalue weighted by Crippen LogP contribution is 2.33. The van der Waals surface area contributed by atoms with Crippen LogP contribution in [0.2, 0.25) is 5.02 Å². The lowest BCUT2D eigenvalue weighted by atomic mass is 10.1. The van der Waals surface area contributed by atoms with Crippen LogP contribution in [0.5, 0.6) is 0 Å². The minimum atomic E-state index is -0.366. The Hall–Kier alpha value is -2.55. The first-order valence-corrected chi connectivity index (χ1v) is 11.3. The van der Waals surface area contributed by atoms with Crippen LogP contribution in [0.4, 0.5) is 4.79 Å². The van der Waals surface area contributed by atoms with Crippen molar-refractivity contribution in [2.75, 3.05) is 26.2 Å². The van der Waals surface area contributed by atoms with E-state index in [2.05, 4.69) is 34.0 Å². The van der Waals surface area contributed by atoms with Gasteiger partial charge < -0.3 is 9.88 Å². The quantitative estimate of drug-likeness (QED) is 0.672. The molecule has 1 fully saturated rings. The van der Waals surface area contributed by atoms with Crippen LogP contribution in [0.3, 0.4) is 0 Å². The number of amides is 3. The van der Waals surface area contributed by atoms with Crippen molar-refractivity contribution in [1.82, 2.24) is 19.7 Å². The third-order valence-corrected chi connectivity index (χ3v) is 6.79. The minimum Gasteiger partial charge on any atom is -0.353 e. The minimum absolute atomic E-state index is 0.120. The largest absolute Gasteiger partial charge is 0.353 e. The number of carbonyl (C=O) groups excluding carboxylic acids is 3. The molecule has 2 aliphatic rings. The second kappa shape index (κ2) is 9.30. The van der Waals surface area contributed by atoms with Gasteiger partial charge in [0.15, 0.2) is 0 Å². The third kappa shape index (κ3) is 4.71. The van der Waals surface area contributed by atoms with Gasteiger partial charge in [-0.25, -0.2) is 0 Å². The zero-order chi connectivity index (χ0) is 22.0. The van der Waals surface area contributed by atoms with Crippen molar-refractivity contribution in [3.8, 4) is 0 Å². The number of thioether (sulfide) groups is 1. The molecular weight excluding hydrogens is 436 g/mol. The van der Waals surface area contributed by atoms with Gasteiger partial charge in [-0.15, -0.1) is 0 Å². The van der Waals surface area contributed by atoms with E-state index >= 15 is 0 Å². The van der Waals surface area contributed by atoms with Crippen molar-refractivity contribution in [3.05, 3.63) is 63.8 Å². The first kappa shape index (κ1) is 21.7. The molecule has 2 aromatic rings. The van der Waals surface area contributed by atoms with E-state index in [1.807, 2.05) is 12.1 Å². The second-order valence-corrected chi connectivity index (χ2v) is 8.88. The molecule has 1 aromatic carbocycles. The highest BCUT2D eigenvalue weighted by atomic mass is 35.5. The van der Waals surface area contributed by atoms with Gasteiger partial charge in [-0.1, -0.05) is 29.8 Å². The fraction of sp³-hybridized carbons (Fsp3) is 0.318.